The van der Waals surface area contributed by atoms with E-state index >= 15 is 0 Å². The van der Waals surface area contributed by atoms with E-state index in [1.54, 1.807) is 30.0 Å². The summed E-state index contributed by atoms with van der Waals surface area (Å²) in [6.45, 7) is 0.652. The molecule has 2 fully saturated rings. The summed E-state index contributed by atoms with van der Waals surface area (Å²) in [6, 6.07) is 3.54. The summed E-state index contributed by atoms with van der Waals surface area (Å²) >= 11 is 0. The molecule has 1 saturated carbocycles. The van der Waals surface area contributed by atoms with Crippen LogP contribution in [0.4, 0.5) is 5.69 Å². The van der Waals surface area contributed by atoms with Crippen molar-refractivity contribution in [1.82, 2.24) is 10.5 Å². The molecule has 8 heteroatoms. The Labute approximate surface area is 158 Å². The van der Waals surface area contributed by atoms with Gasteiger partial charge in [-0.3, -0.25) is 24.3 Å². The summed E-state index contributed by atoms with van der Waals surface area (Å²) in [5.74, 6) is -1.26. The molecule has 2 heterocycles. The third kappa shape index (κ3) is 4.33. The molecule has 1 saturated heterocycles. The standard InChI is InChI=1S/C19H26N4O4/c24-17(22-27)12-14-8-11-23(19(14)26,16-4-2-1-3-5-16)13-18(25)21-15-6-9-20-10-7-15/h6-7,9-10,14,16H,1-5,8,11-13H2,(H2-,20,21,22,24,25,27)/p+1. The second kappa shape index (κ2) is 8.58. The third-order valence-corrected chi connectivity index (χ3v) is 5.88. The molecule has 8 nitrogen and oxygen atoms in total. The highest BCUT2D eigenvalue weighted by atomic mass is 16.5. The number of nitrogens with one attached hydrogen (secondary N) is 2. The smallest absolute Gasteiger partial charge is 0.318 e. The first-order chi connectivity index (χ1) is 13.0. The number of hydrogen-bond acceptors (Lipinski definition) is 5. The number of hydrogen-bond donors (Lipinski definition) is 3. The van der Waals surface area contributed by atoms with Crippen LogP contribution in [0.2, 0.25) is 0 Å². The molecule has 0 bridgehead atoms. The van der Waals surface area contributed by atoms with Gasteiger partial charge in [0.15, 0.2) is 6.54 Å². The highest BCUT2D eigenvalue weighted by molar-refractivity contribution is 5.93. The Morgan fingerprint density at radius 3 is 2.48 bits per heavy atom. The van der Waals surface area contributed by atoms with Crippen LogP contribution in [0.25, 0.3) is 0 Å². The van der Waals surface area contributed by atoms with Crippen LogP contribution in [-0.2, 0) is 14.4 Å². The zero-order valence-electron chi connectivity index (χ0n) is 15.4. The van der Waals surface area contributed by atoms with Crippen molar-refractivity contribution in [1.29, 1.82) is 0 Å². The highest BCUT2D eigenvalue weighted by Crippen LogP contribution is 2.37. The van der Waals surface area contributed by atoms with Gasteiger partial charge in [0.25, 0.3) is 5.91 Å². The molecule has 2 unspecified atom stereocenters. The molecule has 1 aliphatic carbocycles. The van der Waals surface area contributed by atoms with Crippen molar-refractivity contribution in [3.8, 4) is 0 Å². The van der Waals surface area contributed by atoms with Gasteiger partial charge in [-0.1, -0.05) is 6.42 Å². The number of carbonyl (C=O) groups excluding carboxylic acids is 3. The number of nitrogens with zero attached hydrogens (tertiary/aromatic N) is 2. The number of pyridine rings is 1. The zero-order chi connectivity index (χ0) is 19.3. The van der Waals surface area contributed by atoms with E-state index in [2.05, 4.69) is 10.3 Å². The Morgan fingerprint density at radius 2 is 1.81 bits per heavy atom. The third-order valence-electron chi connectivity index (χ3n) is 5.88. The average Bonchev–Trinajstić information content (AvgIpc) is 3.00. The van der Waals surface area contributed by atoms with Gasteiger partial charge >= 0.3 is 5.91 Å². The van der Waals surface area contributed by atoms with Gasteiger partial charge < -0.3 is 5.32 Å². The van der Waals surface area contributed by atoms with Crippen LogP contribution in [0.15, 0.2) is 24.5 Å². The van der Waals surface area contributed by atoms with E-state index in [0.717, 1.165) is 32.1 Å². The van der Waals surface area contributed by atoms with Crippen LogP contribution in [0.1, 0.15) is 44.9 Å². The fourth-order valence-corrected chi connectivity index (χ4v) is 4.56. The van der Waals surface area contributed by atoms with E-state index in [1.165, 1.54) is 0 Å². The minimum atomic E-state index is -0.557. The molecular weight excluding hydrogens is 348 g/mol. The summed E-state index contributed by atoms with van der Waals surface area (Å²) in [6.07, 6.45) is 8.86. The molecular formula is C19H27N4O4+. The molecule has 1 aromatic heterocycles. The van der Waals surface area contributed by atoms with E-state index in [1.807, 2.05) is 0 Å². The fourth-order valence-electron chi connectivity index (χ4n) is 4.56. The highest BCUT2D eigenvalue weighted by Gasteiger charge is 2.53. The number of rotatable bonds is 6. The number of hydroxylamine groups is 1. The Bertz CT molecular complexity index is 690. The molecule has 0 aromatic carbocycles. The molecule has 0 spiro atoms. The molecule has 1 aromatic rings. The van der Waals surface area contributed by atoms with Gasteiger partial charge in [-0.25, -0.2) is 10.3 Å². The lowest BCUT2D eigenvalue weighted by molar-refractivity contribution is -0.866. The Morgan fingerprint density at radius 1 is 1.11 bits per heavy atom. The van der Waals surface area contributed by atoms with Gasteiger partial charge in [0.1, 0.15) is 0 Å². The maximum Gasteiger partial charge on any atom is 0.318 e. The molecule has 3 amide bonds. The summed E-state index contributed by atoms with van der Waals surface area (Å²) in [5.41, 5.74) is 2.26. The van der Waals surface area contributed by atoms with E-state index in [4.69, 9.17) is 5.21 Å². The van der Waals surface area contributed by atoms with Crippen LogP contribution in [0, 0.1) is 5.92 Å². The normalized spacial score (nSPS) is 26.0. The Hall–Kier alpha value is -2.32. The summed E-state index contributed by atoms with van der Waals surface area (Å²) in [4.78, 5) is 41.5. The fraction of sp³-hybridized carbons (Fsp3) is 0.579. The van der Waals surface area contributed by atoms with Crippen LogP contribution >= 0.6 is 0 Å². The van der Waals surface area contributed by atoms with Crippen molar-refractivity contribution < 1.29 is 24.1 Å². The van der Waals surface area contributed by atoms with Gasteiger partial charge in [-0.05, 0) is 37.8 Å². The van der Waals surface area contributed by atoms with E-state index < -0.39 is 11.8 Å². The predicted molar refractivity (Wildman–Crippen MR) is 97.4 cm³/mol. The average molecular weight is 375 g/mol. The predicted octanol–water partition coefficient (Wildman–Crippen LogP) is 1.61. The molecule has 27 heavy (non-hydrogen) atoms. The van der Waals surface area contributed by atoms with Gasteiger partial charge in [-0.2, -0.15) is 0 Å². The molecule has 0 radical (unpaired) electrons. The topological polar surface area (TPSA) is 108 Å². The number of likely N-dealkylation sites (tertiary alicyclic amines) is 1. The van der Waals surface area contributed by atoms with Crippen LogP contribution in [0.3, 0.4) is 0 Å². The largest absolute Gasteiger partial charge is 0.321 e. The number of aromatic nitrogens is 1. The van der Waals surface area contributed by atoms with E-state index in [9.17, 15) is 14.4 Å². The van der Waals surface area contributed by atoms with Gasteiger partial charge in [0.05, 0.1) is 18.5 Å². The summed E-state index contributed by atoms with van der Waals surface area (Å²) in [7, 11) is 0. The van der Waals surface area contributed by atoms with Crippen molar-refractivity contribution in [3.63, 3.8) is 0 Å². The minimum absolute atomic E-state index is 0.0337. The minimum Gasteiger partial charge on any atom is -0.321 e. The molecule has 3 N–H and O–H groups in total. The van der Waals surface area contributed by atoms with E-state index in [0.29, 0.717) is 18.7 Å². The second-order valence-corrected chi connectivity index (χ2v) is 7.55. The SMILES string of the molecule is O=C(CC1CC[N+](CC(=O)Nc2ccncc2)(C2CCCCC2)C1=O)NO. The molecule has 1 aliphatic heterocycles. The van der Waals surface area contributed by atoms with Crippen LogP contribution in [-0.4, -0.2) is 51.5 Å². The molecule has 2 aliphatic rings. The summed E-state index contributed by atoms with van der Waals surface area (Å²) in [5, 5.41) is 11.6. The molecule has 3 rings (SSSR count). The molecule has 2 atom stereocenters. The second-order valence-electron chi connectivity index (χ2n) is 7.55. The number of amides is 3. The van der Waals surface area contributed by atoms with Gasteiger partial charge in [-0.15, -0.1) is 0 Å². The number of quaternary nitrogens is 1. The zero-order valence-corrected chi connectivity index (χ0v) is 15.4. The Balaban J connectivity index is 1.77. The van der Waals surface area contributed by atoms with Crippen molar-refractivity contribution in [3.05, 3.63) is 24.5 Å². The monoisotopic (exact) mass is 375 g/mol. The van der Waals surface area contributed by atoms with Crippen molar-refractivity contribution in [2.75, 3.05) is 18.4 Å². The summed E-state index contributed by atoms with van der Waals surface area (Å²) < 4.78 is 0.125. The first kappa shape index (κ1) is 19.4. The van der Waals surface area contributed by atoms with Crippen molar-refractivity contribution in [2.24, 2.45) is 5.92 Å². The van der Waals surface area contributed by atoms with Crippen LogP contribution < -0.4 is 10.8 Å². The van der Waals surface area contributed by atoms with Crippen molar-refractivity contribution >= 4 is 23.4 Å². The van der Waals surface area contributed by atoms with Gasteiger partial charge in [0, 0.05) is 30.9 Å². The first-order valence-electron chi connectivity index (χ1n) is 9.59. The van der Waals surface area contributed by atoms with E-state index in [-0.39, 0.29) is 35.3 Å². The van der Waals surface area contributed by atoms with Crippen molar-refractivity contribution in [2.45, 2.75) is 51.0 Å². The maximum absolute atomic E-state index is 13.3. The lowest BCUT2D eigenvalue weighted by atomic mass is 9.92. The Kier molecular flexibility index (Phi) is 6.18. The quantitative estimate of drug-likeness (QED) is 0.398. The van der Waals surface area contributed by atoms with Gasteiger partial charge in [0.2, 0.25) is 5.91 Å². The lowest BCUT2D eigenvalue weighted by Crippen LogP contribution is -2.60. The van der Waals surface area contributed by atoms with Crippen LogP contribution in [0.5, 0.6) is 0 Å². The maximum atomic E-state index is 13.3. The number of anilines is 1. The lowest BCUT2D eigenvalue weighted by Gasteiger charge is -2.40. The first-order valence-corrected chi connectivity index (χ1v) is 9.59. The molecule has 146 valence electrons. The number of carbonyl (C=O) groups is 3.